The summed E-state index contributed by atoms with van der Waals surface area (Å²) in [5, 5.41) is 0.321. The highest BCUT2D eigenvalue weighted by molar-refractivity contribution is 7.62. The summed E-state index contributed by atoms with van der Waals surface area (Å²) in [5.41, 5.74) is 0.145. The minimum absolute atomic E-state index is 0.145. The Hall–Kier alpha value is -1.42. The summed E-state index contributed by atoms with van der Waals surface area (Å²) in [6.07, 6.45) is 0. The molecule has 6 heteroatoms. The van der Waals surface area contributed by atoms with E-state index in [-0.39, 0.29) is 12.2 Å². The first-order chi connectivity index (χ1) is 8.49. The molecular formula is C12H15O5P. The molecule has 0 aliphatic carbocycles. The quantitative estimate of drug-likeness (QED) is 0.344. The van der Waals surface area contributed by atoms with Crippen LogP contribution in [0.4, 0.5) is 0 Å². The van der Waals surface area contributed by atoms with Crippen molar-refractivity contribution in [1.82, 2.24) is 0 Å². The van der Waals surface area contributed by atoms with Crippen molar-refractivity contribution in [3.63, 3.8) is 0 Å². The number of carbonyl (C=O) groups excluding carboxylic acids is 1. The highest BCUT2D eigenvalue weighted by atomic mass is 31.2. The molecule has 0 saturated carbocycles. The molecule has 0 radical (unpaired) electrons. The lowest BCUT2D eigenvalue weighted by molar-refractivity contribution is -0.212. The molecule has 98 valence electrons. The molecule has 1 rings (SSSR count). The van der Waals surface area contributed by atoms with Crippen LogP contribution in [0, 0.1) is 0 Å². The molecule has 0 spiro atoms. The lowest BCUT2D eigenvalue weighted by Gasteiger charge is -2.15. The Labute approximate surface area is 106 Å². The van der Waals surface area contributed by atoms with Gasteiger partial charge in [0.25, 0.3) is 0 Å². The molecule has 1 aromatic rings. The molecule has 0 aromatic heterocycles. The second-order valence-electron chi connectivity index (χ2n) is 3.48. The summed E-state index contributed by atoms with van der Waals surface area (Å²) in [6.45, 7) is 6.68. The van der Waals surface area contributed by atoms with Crippen molar-refractivity contribution < 1.29 is 23.4 Å². The van der Waals surface area contributed by atoms with Crippen LogP contribution in [-0.4, -0.2) is 12.6 Å². The molecule has 5 nitrogen and oxygen atoms in total. The number of hydrogen-bond donors (Lipinski definition) is 0. The Balaban J connectivity index is 2.85. The fourth-order valence-electron chi connectivity index (χ4n) is 1.07. The van der Waals surface area contributed by atoms with Crippen LogP contribution in [0.5, 0.6) is 0 Å². The van der Waals surface area contributed by atoms with Gasteiger partial charge in [-0.1, -0.05) is 29.5 Å². The van der Waals surface area contributed by atoms with Crippen molar-refractivity contribution in [3.8, 4) is 0 Å². The molecule has 0 aliphatic rings. The Morgan fingerprint density at radius 2 is 1.94 bits per heavy atom. The first kappa shape index (κ1) is 14.6. The van der Waals surface area contributed by atoms with Crippen molar-refractivity contribution in [2.45, 2.75) is 13.8 Å². The summed E-state index contributed by atoms with van der Waals surface area (Å²) >= 11 is 0. The van der Waals surface area contributed by atoms with E-state index >= 15 is 0 Å². The molecule has 0 bridgehead atoms. The van der Waals surface area contributed by atoms with Gasteiger partial charge in [0.2, 0.25) is 0 Å². The van der Waals surface area contributed by atoms with Gasteiger partial charge in [-0.3, -0.25) is 9.45 Å². The second kappa shape index (κ2) is 6.50. The first-order valence-electron chi connectivity index (χ1n) is 5.36. The summed E-state index contributed by atoms with van der Waals surface area (Å²) in [5.74, 6) is -0.786. The first-order valence-corrected chi connectivity index (χ1v) is 6.90. The minimum atomic E-state index is -3.65. The average molecular weight is 270 g/mol. The van der Waals surface area contributed by atoms with Gasteiger partial charge in [0.15, 0.2) is 0 Å². The minimum Gasteiger partial charge on any atom is -0.303 e. The number of benzene rings is 1. The van der Waals surface area contributed by atoms with Gasteiger partial charge in [-0.25, -0.2) is 4.79 Å². The molecule has 1 aromatic carbocycles. The molecule has 0 aliphatic heterocycles. The predicted molar refractivity (Wildman–Crippen MR) is 67.3 cm³/mol. The zero-order valence-corrected chi connectivity index (χ0v) is 11.2. The zero-order chi connectivity index (χ0) is 13.6. The smallest absolute Gasteiger partial charge is 0.303 e. The Bertz CT molecular complexity index is 469. The van der Waals surface area contributed by atoms with Crippen molar-refractivity contribution >= 4 is 18.9 Å². The van der Waals surface area contributed by atoms with Gasteiger partial charge in [-0.2, -0.15) is 0 Å². The Kier molecular flexibility index (Phi) is 5.28. The zero-order valence-electron chi connectivity index (χ0n) is 10.3. The van der Waals surface area contributed by atoms with Gasteiger partial charge >= 0.3 is 13.6 Å². The lowest BCUT2D eigenvalue weighted by atomic mass is 10.4. The molecule has 1 unspecified atom stereocenters. The second-order valence-corrected chi connectivity index (χ2v) is 5.40. The summed E-state index contributed by atoms with van der Waals surface area (Å²) in [7, 11) is -3.65. The van der Waals surface area contributed by atoms with Crippen LogP contribution >= 0.6 is 7.60 Å². The summed E-state index contributed by atoms with van der Waals surface area (Å²) < 4.78 is 22.2. The molecule has 0 heterocycles. The fraction of sp³-hybridized carbons (Fsp3) is 0.250. The third-order valence-corrected chi connectivity index (χ3v) is 3.73. The van der Waals surface area contributed by atoms with Crippen LogP contribution in [0.2, 0.25) is 0 Å². The van der Waals surface area contributed by atoms with E-state index in [9.17, 15) is 9.36 Å². The maximum atomic E-state index is 12.4. The van der Waals surface area contributed by atoms with Crippen LogP contribution in [-0.2, 0) is 23.4 Å². The van der Waals surface area contributed by atoms with Crippen LogP contribution in [0.1, 0.15) is 13.8 Å². The van der Waals surface area contributed by atoms with Crippen molar-refractivity contribution in [2.24, 2.45) is 0 Å². The highest BCUT2D eigenvalue weighted by Gasteiger charge is 2.30. The molecule has 0 N–H and O–H groups in total. The van der Waals surface area contributed by atoms with Gasteiger partial charge < -0.3 is 4.52 Å². The SMILES string of the molecule is C=C(C)C(=O)OOP(=O)(OCC)c1ccccc1. The lowest BCUT2D eigenvalue weighted by Crippen LogP contribution is -2.13. The third kappa shape index (κ3) is 3.81. The van der Waals surface area contributed by atoms with Crippen molar-refractivity contribution in [2.75, 3.05) is 6.61 Å². The topological polar surface area (TPSA) is 61.8 Å². The standard InChI is InChI=1S/C12H15O5P/c1-4-15-18(14,11-8-6-5-7-9-11)17-16-12(13)10(2)3/h5-9H,2,4H2,1,3H3. The van der Waals surface area contributed by atoms with E-state index in [1.165, 1.54) is 6.92 Å². The van der Waals surface area contributed by atoms with E-state index in [0.29, 0.717) is 5.30 Å². The van der Waals surface area contributed by atoms with E-state index < -0.39 is 13.6 Å². The van der Waals surface area contributed by atoms with Crippen LogP contribution in [0.3, 0.4) is 0 Å². The van der Waals surface area contributed by atoms with Gasteiger partial charge in [0.1, 0.15) is 0 Å². The predicted octanol–water partition coefficient (Wildman–Crippen LogP) is 2.59. The van der Waals surface area contributed by atoms with E-state index in [1.807, 2.05) is 0 Å². The number of carbonyl (C=O) groups is 1. The highest BCUT2D eigenvalue weighted by Crippen LogP contribution is 2.47. The third-order valence-electron chi connectivity index (χ3n) is 1.93. The summed E-state index contributed by atoms with van der Waals surface area (Å²) in [4.78, 5) is 15.7. The van der Waals surface area contributed by atoms with E-state index in [1.54, 1.807) is 37.3 Å². The maximum Gasteiger partial charge on any atom is 0.399 e. The maximum absolute atomic E-state index is 12.4. The molecule has 1 atom stereocenters. The van der Waals surface area contributed by atoms with Crippen LogP contribution in [0.15, 0.2) is 42.5 Å². The number of rotatable bonds is 6. The van der Waals surface area contributed by atoms with Gasteiger partial charge in [-0.15, -0.1) is 0 Å². The fourth-order valence-corrected chi connectivity index (χ4v) is 2.39. The van der Waals surface area contributed by atoms with Crippen LogP contribution in [0.25, 0.3) is 0 Å². The van der Waals surface area contributed by atoms with E-state index in [2.05, 4.69) is 11.5 Å². The molecule has 18 heavy (non-hydrogen) atoms. The number of hydrogen-bond acceptors (Lipinski definition) is 5. The Morgan fingerprint density at radius 3 is 2.44 bits per heavy atom. The monoisotopic (exact) mass is 270 g/mol. The molecule has 0 saturated heterocycles. The van der Waals surface area contributed by atoms with Crippen molar-refractivity contribution in [1.29, 1.82) is 0 Å². The van der Waals surface area contributed by atoms with E-state index in [0.717, 1.165) is 0 Å². The normalized spacial score (nSPS) is 13.7. The Morgan fingerprint density at radius 1 is 1.33 bits per heavy atom. The summed E-state index contributed by atoms with van der Waals surface area (Å²) in [6, 6.07) is 8.28. The molecule has 0 fully saturated rings. The average Bonchev–Trinajstić information content (AvgIpc) is 2.37. The van der Waals surface area contributed by atoms with E-state index in [4.69, 9.17) is 9.20 Å². The van der Waals surface area contributed by atoms with Gasteiger partial charge in [0, 0.05) is 5.57 Å². The van der Waals surface area contributed by atoms with Crippen molar-refractivity contribution in [3.05, 3.63) is 42.5 Å². The van der Waals surface area contributed by atoms with Gasteiger partial charge in [-0.05, 0) is 26.0 Å². The van der Waals surface area contributed by atoms with Gasteiger partial charge in [0.05, 0.1) is 11.9 Å². The van der Waals surface area contributed by atoms with Crippen LogP contribution < -0.4 is 5.30 Å². The molecule has 0 amide bonds. The molecular weight excluding hydrogens is 255 g/mol. The largest absolute Gasteiger partial charge is 0.399 e.